The smallest absolute Gasteiger partial charge is 0.337 e. The van der Waals surface area contributed by atoms with Gasteiger partial charge in [0.15, 0.2) is 11.5 Å². The molecule has 0 radical (unpaired) electrons. The molecule has 0 unspecified atom stereocenters. The van der Waals surface area contributed by atoms with E-state index in [-0.39, 0.29) is 31.8 Å². The molecule has 1 heterocycles. The van der Waals surface area contributed by atoms with Crippen molar-refractivity contribution in [3.05, 3.63) is 149 Å². The van der Waals surface area contributed by atoms with E-state index in [1.54, 1.807) is 29.2 Å². The number of hydrogen-bond acceptors (Lipinski definition) is 7. The molecule has 6 rings (SSSR count). The molecule has 0 fully saturated rings. The van der Waals surface area contributed by atoms with Crippen LogP contribution in [0.25, 0.3) is 0 Å². The zero-order chi connectivity index (χ0) is 33.5. The number of fused-ring (bicyclic) bond motifs is 1. The summed E-state index contributed by atoms with van der Waals surface area (Å²) in [6.45, 7) is 5.10. The van der Waals surface area contributed by atoms with Gasteiger partial charge in [-0.05, 0) is 58.5 Å². The van der Waals surface area contributed by atoms with Crippen LogP contribution in [0.5, 0.6) is 23.0 Å². The largest absolute Gasteiger partial charge is 0.488 e. The minimum Gasteiger partial charge on any atom is -0.488 e. The SMILES string of the molecule is COC(=O)c1ccc(CN(C(=O)c2cc(C(C)C)c(OCc3ccccc3)cc2OCc2ccccc2)c2ccc3c(c2)OCO3)cc1. The number of amides is 1. The highest BCUT2D eigenvalue weighted by Crippen LogP contribution is 2.39. The Morgan fingerprint density at radius 2 is 1.33 bits per heavy atom. The molecule has 0 N–H and O–H groups in total. The summed E-state index contributed by atoms with van der Waals surface area (Å²) in [5, 5.41) is 0. The van der Waals surface area contributed by atoms with Gasteiger partial charge in [0.05, 0.1) is 24.8 Å². The third kappa shape index (κ3) is 7.44. The van der Waals surface area contributed by atoms with Crippen molar-refractivity contribution >= 4 is 17.6 Å². The molecule has 0 aliphatic carbocycles. The van der Waals surface area contributed by atoms with Gasteiger partial charge in [0, 0.05) is 17.8 Å². The van der Waals surface area contributed by atoms with E-state index < -0.39 is 5.97 Å². The van der Waals surface area contributed by atoms with Gasteiger partial charge in [-0.2, -0.15) is 0 Å². The molecule has 1 aliphatic heterocycles. The predicted octanol–water partition coefficient (Wildman–Crippen LogP) is 8.33. The van der Waals surface area contributed by atoms with Gasteiger partial charge in [-0.1, -0.05) is 86.6 Å². The second-order valence-corrected chi connectivity index (χ2v) is 11.7. The molecule has 5 aromatic carbocycles. The molecule has 1 aliphatic rings. The second kappa shape index (κ2) is 14.8. The van der Waals surface area contributed by atoms with Gasteiger partial charge in [0.1, 0.15) is 24.7 Å². The lowest BCUT2D eigenvalue weighted by molar-refractivity contribution is 0.0600. The lowest BCUT2D eigenvalue weighted by atomic mass is 9.97. The van der Waals surface area contributed by atoms with Crippen molar-refractivity contribution in [1.82, 2.24) is 0 Å². The van der Waals surface area contributed by atoms with E-state index in [1.165, 1.54) is 7.11 Å². The lowest BCUT2D eigenvalue weighted by Gasteiger charge is -2.26. The minimum atomic E-state index is -0.429. The molecule has 1 amide bonds. The molecule has 8 heteroatoms. The Bertz CT molecular complexity index is 1870. The summed E-state index contributed by atoms with van der Waals surface area (Å²) in [6, 6.07) is 35.9. The summed E-state index contributed by atoms with van der Waals surface area (Å²) in [4.78, 5) is 28.6. The van der Waals surface area contributed by atoms with Gasteiger partial charge >= 0.3 is 5.97 Å². The van der Waals surface area contributed by atoms with E-state index >= 15 is 0 Å². The standard InChI is InChI=1S/C40H37NO7/c1-27(2)33-21-34(37(46-25-30-12-8-5-9-13-30)22-36(33)45-24-29-10-6-4-7-11-29)39(42)41(32-18-19-35-38(20-32)48-26-47-35)23-28-14-16-31(17-15-28)40(43)44-3/h4-22,27H,23-26H2,1-3H3. The number of nitrogens with zero attached hydrogens (tertiary/aromatic N) is 1. The molecule has 48 heavy (non-hydrogen) atoms. The summed E-state index contributed by atoms with van der Waals surface area (Å²) in [6.07, 6.45) is 0. The van der Waals surface area contributed by atoms with Crippen LogP contribution < -0.4 is 23.8 Å². The number of anilines is 1. The second-order valence-electron chi connectivity index (χ2n) is 11.7. The number of carbonyl (C=O) groups is 2. The van der Waals surface area contributed by atoms with Gasteiger partial charge in [-0.25, -0.2) is 4.79 Å². The quantitative estimate of drug-likeness (QED) is 0.126. The number of ether oxygens (including phenoxy) is 5. The summed E-state index contributed by atoms with van der Waals surface area (Å²) in [7, 11) is 1.34. The fraction of sp³-hybridized carbons (Fsp3) is 0.200. The first-order valence-corrected chi connectivity index (χ1v) is 15.8. The first-order chi connectivity index (χ1) is 23.4. The molecule has 0 spiro atoms. The summed E-state index contributed by atoms with van der Waals surface area (Å²) in [5.74, 6) is 1.58. The predicted molar refractivity (Wildman–Crippen MR) is 183 cm³/mol. The maximum Gasteiger partial charge on any atom is 0.337 e. The lowest BCUT2D eigenvalue weighted by Crippen LogP contribution is -2.31. The van der Waals surface area contributed by atoms with E-state index in [2.05, 4.69) is 13.8 Å². The molecular weight excluding hydrogens is 606 g/mol. The molecule has 5 aromatic rings. The van der Waals surface area contributed by atoms with Gasteiger partial charge in [-0.15, -0.1) is 0 Å². The van der Waals surface area contributed by atoms with E-state index in [0.717, 1.165) is 22.3 Å². The highest BCUT2D eigenvalue weighted by Gasteiger charge is 2.27. The van der Waals surface area contributed by atoms with Crippen LogP contribution in [0, 0.1) is 0 Å². The molecular formula is C40H37NO7. The maximum absolute atomic E-state index is 14.8. The van der Waals surface area contributed by atoms with Crippen molar-refractivity contribution in [1.29, 1.82) is 0 Å². The Labute approximate surface area is 280 Å². The van der Waals surface area contributed by atoms with Gasteiger partial charge < -0.3 is 28.6 Å². The third-order valence-corrected chi connectivity index (χ3v) is 8.07. The number of rotatable bonds is 12. The van der Waals surface area contributed by atoms with E-state index in [4.69, 9.17) is 23.7 Å². The highest BCUT2D eigenvalue weighted by atomic mass is 16.7. The monoisotopic (exact) mass is 643 g/mol. The van der Waals surface area contributed by atoms with Crippen LogP contribution in [0.1, 0.15) is 62.7 Å². The fourth-order valence-corrected chi connectivity index (χ4v) is 5.44. The Balaban J connectivity index is 1.41. The Morgan fingerprint density at radius 3 is 1.96 bits per heavy atom. The molecule has 0 aromatic heterocycles. The topological polar surface area (TPSA) is 83.5 Å². The van der Waals surface area contributed by atoms with Crippen LogP contribution in [0.2, 0.25) is 0 Å². The average Bonchev–Trinajstić information content (AvgIpc) is 3.60. The normalized spacial score (nSPS) is 11.7. The number of hydrogen-bond donors (Lipinski definition) is 0. The van der Waals surface area contributed by atoms with Crippen molar-refractivity contribution < 1.29 is 33.3 Å². The van der Waals surface area contributed by atoms with Crippen molar-refractivity contribution in [2.75, 3.05) is 18.8 Å². The molecule has 0 saturated carbocycles. The zero-order valence-corrected chi connectivity index (χ0v) is 27.2. The van der Waals surface area contributed by atoms with Crippen LogP contribution in [0.4, 0.5) is 5.69 Å². The summed E-state index contributed by atoms with van der Waals surface area (Å²) < 4.78 is 28.9. The van der Waals surface area contributed by atoms with Crippen molar-refractivity contribution in [2.45, 2.75) is 39.5 Å². The van der Waals surface area contributed by atoms with Crippen LogP contribution in [0.15, 0.2) is 115 Å². The Morgan fingerprint density at radius 1 is 0.708 bits per heavy atom. The maximum atomic E-state index is 14.8. The van der Waals surface area contributed by atoms with Crippen molar-refractivity contribution in [3.8, 4) is 23.0 Å². The number of esters is 1. The summed E-state index contributed by atoms with van der Waals surface area (Å²) >= 11 is 0. The number of methoxy groups -OCH3 is 1. The van der Waals surface area contributed by atoms with Crippen molar-refractivity contribution in [2.24, 2.45) is 0 Å². The zero-order valence-electron chi connectivity index (χ0n) is 27.2. The van der Waals surface area contributed by atoms with Crippen LogP contribution in [-0.4, -0.2) is 25.8 Å². The first-order valence-electron chi connectivity index (χ1n) is 15.8. The van der Waals surface area contributed by atoms with Gasteiger partial charge in [-0.3, -0.25) is 4.79 Å². The number of benzene rings is 5. The van der Waals surface area contributed by atoms with Crippen molar-refractivity contribution in [3.63, 3.8) is 0 Å². The number of carbonyl (C=O) groups excluding carboxylic acids is 2. The molecule has 0 atom stereocenters. The van der Waals surface area contributed by atoms with Gasteiger partial charge in [0.2, 0.25) is 6.79 Å². The summed E-state index contributed by atoms with van der Waals surface area (Å²) in [5.41, 5.74) is 5.13. The van der Waals surface area contributed by atoms with Crippen LogP contribution >= 0.6 is 0 Å². The van der Waals surface area contributed by atoms with Crippen LogP contribution in [-0.2, 0) is 24.5 Å². The molecule has 244 valence electrons. The van der Waals surface area contributed by atoms with E-state index in [1.807, 2.05) is 91.0 Å². The minimum absolute atomic E-state index is 0.0513. The fourth-order valence-electron chi connectivity index (χ4n) is 5.44. The van der Waals surface area contributed by atoms with E-state index in [0.29, 0.717) is 46.4 Å². The first kappa shape index (κ1) is 32.2. The molecule has 0 bridgehead atoms. The van der Waals surface area contributed by atoms with E-state index in [9.17, 15) is 9.59 Å². The Kier molecular flexibility index (Phi) is 9.91. The molecule has 0 saturated heterocycles. The highest BCUT2D eigenvalue weighted by molar-refractivity contribution is 6.08. The Hall–Kier alpha value is -5.76. The van der Waals surface area contributed by atoms with Crippen LogP contribution in [0.3, 0.4) is 0 Å². The van der Waals surface area contributed by atoms with Gasteiger partial charge in [0.25, 0.3) is 5.91 Å². The molecule has 8 nitrogen and oxygen atoms in total. The third-order valence-electron chi connectivity index (χ3n) is 8.07. The average molecular weight is 644 g/mol.